The molecule has 0 saturated carbocycles. The molecule has 1 aromatic carbocycles. The first-order valence-electron chi connectivity index (χ1n) is 7.10. The van der Waals surface area contributed by atoms with Crippen LogP contribution in [0.15, 0.2) is 18.2 Å². The van der Waals surface area contributed by atoms with Crippen LogP contribution in [0.4, 0.5) is 0 Å². The van der Waals surface area contributed by atoms with Crippen LogP contribution in [-0.2, 0) is 16.0 Å². The molecule has 6 heteroatoms. The zero-order chi connectivity index (χ0) is 15.1. The van der Waals surface area contributed by atoms with Crippen LogP contribution in [0.2, 0.25) is 0 Å². The summed E-state index contributed by atoms with van der Waals surface area (Å²) in [7, 11) is 1.58. The number of methoxy groups -OCH3 is 1. The number of hydrogen-bond acceptors (Lipinski definition) is 5. The number of nitrogens with two attached hydrogens (primary N) is 1. The molecule has 0 aromatic heterocycles. The highest BCUT2D eigenvalue weighted by molar-refractivity contribution is 5.78. The Hall–Kier alpha value is -1.79. The van der Waals surface area contributed by atoms with Gasteiger partial charge in [0.1, 0.15) is 0 Å². The SMILES string of the molecule is COc1cc(CCN)ccc1OCC(=O)N1CCOCC1. The number of hydrogen-bond donors (Lipinski definition) is 1. The molecule has 6 nitrogen and oxygen atoms in total. The van der Waals surface area contributed by atoms with Crippen LogP contribution < -0.4 is 15.2 Å². The van der Waals surface area contributed by atoms with Crippen molar-refractivity contribution in [1.29, 1.82) is 0 Å². The standard InChI is InChI=1S/C15H22N2O4/c1-19-14-10-12(4-5-16)2-3-13(14)21-11-15(18)17-6-8-20-9-7-17/h2-3,10H,4-9,11,16H2,1H3. The third-order valence-electron chi connectivity index (χ3n) is 3.38. The Bertz CT molecular complexity index is 473. The second kappa shape index (κ2) is 7.85. The molecule has 1 saturated heterocycles. The number of morpholine rings is 1. The molecule has 2 N–H and O–H groups in total. The van der Waals surface area contributed by atoms with Gasteiger partial charge in [-0.15, -0.1) is 0 Å². The van der Waals surface area contributed by atoms with Gasteiger partial charge in [0.15, 0.2) is 18.1 Å². The van der Waals surface area contributed by atoms with Gasteiger partial charge in [0.05, 0.1) is 20.3 Å². The lowest BCUT2D eigenvalue weighted by Gasteiger charge is -2.26. The monoisotopic (exact) mass is 294 g/mol. The Kier molecular flexibility index (Phi) is 5.83. The largest absolute Gasteiger partial charge is 0.493 e. The molecular formula is C15H22N2O4. The first-order valence-corrected chi connectivity index (χ1v) is 7.10. The van der Waals surface area contributed by atoms with Gasteiger partial charge >= 0.3 is 0 Å². The van der Waals surface area contributed by atoms with Crippen molar-refractivity contribution < 1.29 is 19.0 Å². The van der Waals surface area contributed by atoms with Gasteiger partial charge in [0.25, 0.3) is 5.91 Å². The highest BCUT2D eigenvalue weighted by Gasteiger charge is 2.17. The normalized spacial score (nSPS) is 14.9. The van der Waals surface area contributed by atoms with Gasteiger partial charge in [-0.05, 0) is 30.7 Å². The summed E-state index contributed by atoms with van der Waals surface area (Å²) in [6, 6.07) is 5.64. The zero-order valence-electron chi connectivity index (χ0n) is 12.3. The quantitative estimate of drug-likeness (QED) is 0.824. The molecule has 1 aromatic rings. The molecule has 2 rings (SSSR count). The van der Waals surface area contributed by atoms with Crippen LogP contribution >= 0.6 is 0 Å². The maximum absolute atomic E-state index is 12.0. The molecule has 1 fully saturated rings. The molecule has 0 radical (unpaired) electrons. The molecule has 21 heavy (non-hydrogen) atoms. The molecule has 1 aliphatic rings. The molecule has 0 unspecified atom stereocenters. The molecule has 116 valence electrons. The van der Waals surface area contributed by atoms with E-state index in [0.29, 0.717) is 44.3 Å². The first kappa shape index (κ1) is 15.6. The van der Waals surface area contributed by atoms with Crippen LogP contribution in [0.5, 0.6) is 11.5 Å². The van der Waals surface area contributed by atoms with E-state index >= 15 is 0 Å². The van der Waals surface area contributed by atoms with Gasteiger partial charge in [0, 0.05) is 13.1 Å². The number of carbonyl (C=O) groups is 1. The summed E-state index contributed by atoms with van der Waals surface area (Å²) in [5.41, 5.74) is 6.62. The van der Waals surface area contributed by atoms with Gasteiger partial charge in [-0.3, -0.25) is 4.79 Å². The minimum Gasteiger partial charge on any atom is -0.493 e. The van der Waals surface area contributed by atoms with Gasteiger partial charge in [-0.1, -0.05) is 6.07 Å². The van der Waals surface area contributed by atoms with Crippen LogP contribution in [0.3, 0.4) is 0 Å². The van der Waals surface area contributed by atoms with Crippen molar-refractivity contribution in [3.05, 3.63) is 23.8 Å². The minimum absolute atomic E-state index is 0.00654. The fourth-order valence-corrected chi connectivity index (χ4v) is 2.20. The van der Waals surface area contributed by atoms with Gasteiger partial charge in [-0.25, -0.2) is 0 Å². The van der Waals surface area contributed by atoms with Crippen molar-refractivity contribution in [3.63, 3.8) is 0 Å². The topological polar surface area (TPSA) is 74.0 Å². The molecule has 1 amide bonds. The summed E-state index contributed by atoms with van der Waals surface area (Å²) in [6.45, 7) is 3.00. The molecule has 0 bridgehead atoms. The maximum Gasteiger partial charge on any atom is 0.260 e. The number of nitrogens with zero attached hydrogens (tertiary/aromatic N) is 1. The van der Waals surface area contributed by atoms with E-state index in [1.165, 1.54) is 0 Å². The molecule has 1 heterocycles. The van der Waals surface area contributed by atoms with E-state index in [2.05, 4.69) is 0 Å². The lowest BCUT2D eigenvalue weighted by molar-refractivity contribution is -0.137. The van der Waals surface area contributed by atoms with Gasteiger partial charge in [0.2, 0.25) is 0 Å². The molecule has 0 atom stereocenters. The maximum atomic E-state index is 12.0. The highest BCUT2D eigenvalue weighted by atomic mass is 16.5. The first-order chi connectivity index (χ1) is 10.2. The third-order valence-corrected chi connectivity index (χ3v) is 3.38. The summed E-state index contributed by atoms with van der Waals surface area (Å²) in [6.07, 6.45) is 0.781. The van der Waals surface area contributed by atoms with Crippen LogP contribution in [0, 0.1) is 0 Å². The Labute approximate surface area is 124 Å². The van der Waals surface area contributed by atoms with Gasteiger partial charge < -0.3 is 24.8 Å². The Balaban J connectivity index is 1.94. The van der Waals surface area contributed by atoms with E-state index in [1.807, 2.05) is 18.2 Å². The Morgan fingerprint density at radius 3 is 2.76 bits per heavy atom. The molecule has 0 aliphatic carbocycles. The number of carbonyl (C=O) groups excluding carboxylic acids is 1. The predicted octanol–water partition coefficient (Wildman–Crippen LogP) is 0.434. The van der Waals surface area contributed by atoms with Crippen molar-refractivity contribution in [3.8, 4) is 11.5 Å². The van der Waals surface area contributed by atoms with Crippen molar-refractivity contribution in [2.75, 3.05) is 46.6 Å². The fourth-order valence-electron chi connectivity index (χ4n) is 2.20. The Morgan fingerprint density at radius 2 is 2.10 bits per heavy atom. The highest BCUT2D eigenvalue weighted by Crippen LogP contribution is 2.28. The summed E-state index contributed by atoms with van der Waals surface area (Å²) < 4.78 is 16.1. The second-order valence-electron chi connectivity index (χ2n) is 4.81. The summed E-state index contributed by atoms with van der Waals surface area (Å²) in [4.78, 5) is 13.8. The summed E-state index contributed by atoms with van der Waals surface area (Å²) in [5, 5.41) is 0. The van der Waals surface area contributed by atoms with Crippen LogP contribution in [-0.4, -0.2) is 57.4 Å². The van der Waals surface area contributed by atoms with E-state index in [1.54, 1.807) is 12.0 Å². The van der Waals surface area contributed by atoms with E-state index in [4.69, 9.17) is 19.9 Å². The van der Waals surface area contributed by atoms with E-state index in [-0.39, 0.29) is 12.5 Å². The second-order valence-corrected chi connectivity index (χ2v) is 4.81. The van der Waals surface area contributed by atoms with Crippen LogP contribution in [0.1, 0.15) is 5.56 Å². The molecular weight excluding hydrogens is 272 g/mol. The van der Waals surface area contributed by atoms with Crippen molar-refractivity contribution in [2.24, 2.45) is 5.73 Å². The van der Waals surface area contributed by atoms with Crippen molar-refractivity contribution >= 4 is 5.91 Å². The van der Waals surface area contributed by atoms with E-state index in [0.717, 1.165) is 12.0 Å². The molecule has 0 spiro atoms. The lowest BCUT2D eigenvalue weighted by Crippen LogP contribution is -2.43. The number of ether oxygens (including phenoxy) is 3. The fraction of sp³-hybridized carbons (Fsp3) is 0.533. The van der Waals surface area contributed by atoms with Crippen LogP contribution in [0.25, 0.3) is 0 Å². The third kappa shape index (κ3) is 4.34. The van der Waals surface area contributed by atoms with Crippen molar-refractivity contribution in [2.45, 2.75) is 6.42 Å². The minimum atomic E-state index is -0.0358. The molecule has 1 aliphatic heterocycles. The number of amides is 1. The number of benzene rings is 1. The van der Waals surface area contributed by atoms with E-state index in [9.17, 15) is 4.79 Å². The zero-order valence-corrected chi connectivity index (χ0v) is 12.3. The van der Waals surface area contributed by atoms with E-state index < -0.39 is 0 Å². The predicted molar refractivity (Wildman–Crippen MR) is 78.6 cm³/mol. The summed E-state index contributed by atoms with van der Waals surface area (Å²) in [5.74, 6) is 1.15. The number of rotatable bonds is 6. The summed E-state index contributed by atoms with van der Waals surface area (Å²) >= 11 is 0. The average Bonchev–Trinajstić information content (AvgIpc) is 2.54. The smallest absolute Gasteiger partial charge is 0.260 e. The average molecular weight is 294 g/mol. The lowest BCUT2D eigenvalue weighted by atomic mass is 10.1. The van der Waals surface area contributed by atoms with Gasteiger partial charge in [-0.2, -0.15) is 0 Å². The van der Waals surface area contributed by atoms with Crippen molar-refractivity contribution in [1.82, 2.24) is 4.90 Å². The Morgan fingerprint density at radius 1 is 1.33 bits per heavy atom.